The van der Waals surface area contributed by atoms with E-state index in [-0.39, 0.29) is 59.0 Å². The molecule has 0 bridgehead atoms. The fourth-order valence-corrected chi connectivity index (χ4v) is 8.22. The topological polar surface area (TPSA) is 93.1 Å². The Morgan fingerprint density at radius 3 is 2.65 bits per heavy atom. The van der Waals surface area contributed by atoms with Crippen molar-refractivity contribution in [2.75, 3.05) is 7.11 Å². The largest absolute Gasteiger partial charge is 0.469 e. The Kier molecular flexibility index (Phi) is 6.19. The molecule has 0 aromatic carbocycles. The van der Waals surface area contributed by atoms with Crippen LogP contribution >= 0.6 is 0 Å². The van der Waals surface area contributed by atoms with Crippen LogP contribution in [0.2, 0.25) is 0 Å². The molecule has 1 saturated heterocycles. The maximum absolute atomic E-state index is 13.1. The highest BCUT2D eigenvalue weighted by Crippen LogP contribution is 2.63. The molecule has 4 fully saturated rings. The summed E-state index contributed by atoms with van der Waals surface area (Å²) in [5.74, 6) is 0.582. The van der Waals surface area contributed by atoms with Crippen molar-refractivity contribution in [1.29, 1.82) is 0 Å². The Labute approximate surface area is 186 Å². The van der Waals surface area contributed by atoms with E-state index in [1.54, 1.807) is 0 Å². The number of rotatable bonds is 4. The Morgan fingerprint density at radius 1 is 1.19 bits per heavy atom. The third-order valence-electron chi connectivity index (χ3n) is 9.95. The van der Waals surface area contributed by atoms with Crippen molar-refractivity contribution in [2.45, 2.75) is 96.4 Å². The van der Waals surface area contributed by atoms with Crippen molar-refractivity contribution in [3.8, 4) is 0 Å². The van der Waals surface area contributed by atoms with Crippen LogP contribution in [0.5, 0.6) is 0 Å². The SMILES string of the molecule is COC(=O)CCC(C)C1CCC2C3C(O)CC4CC(O)CCC4(C)C3CC(=O)OC12C. The van der Waals surface area contributed by atoms with E-state index in [2.05, 4.69) is 20.8 Å². The van der Waals surface area contributed by atoms with E-state index < -0.39 is 11.7 Å². The molecule has 4 rings (SSSR count). The van der Waals surface area contributed by atoms with Crippen molar-refractivity contribution in [3.63, 3.8) is 0 Å². The van der Waals surface area contributed by atoms with Gasteiger partial charge in [0.1, 0.15) is 5.60 Å². The molecule has 6 nitrogen and oxygen atoms in total. The number of carbonyl (C=O) groups excluding carboxylic acids is 2. The molecule has 3 aliphatic carbocycles. The summed E-state index contributed by atoms with van der Waals surface area (Å²) in [5, 5.41) is 21.6. The average molecular weight is 437 g/mol. The van der Waals surface area contributed by atoms with Crippen LogP contribution in [-0.4, -0.2) is 47.1 Å². The summed E-state index contributed by atoms with van der Waals surface area (Å²) in [4.78, 5) is 24.8. The summed E-state index contributed by atoms with van der Waals surface area (Å²) in [6, 6.07) is 0. The number of hydrogen-bond acceptors (Lipinski definition) is 6. The summed E-state index contributed by atoms with van der Waals surface area (Å²) in [6.07, 6.45) is 5.69. The van der Waals surface area contributed by atoms with Gasteiger partial charge < -0.3 is 19.7 Å². The number of methoxy groups -OCH3 is 1. The molecule has 10 atom stereocenters. The molecule has 1 aliphatic heterocycles. The number of aliphatic hydroxyl groups excluding tert-OH is 2. The zero-order chi connectivity index (χ0) is 22.6. The maximum Gasteiger partial charge on any atom is 0.306 e. The Bertz CT molecular complexity index is 708. The lowest BCUT2D eigenvalue weighted by atomic mass is 9.48. The second-order valence-corrected chi connectivity index (χ2v) is 11.4. The predicted molar refractivity (Wildman–Crippen MR) is 115 cm³/mol. The molecule has 0 radical (unpaired) electrons. The molecule has 6 heteroatoms. The molecule has 0 amide bonds. The van der Waals surface area contributed by atoms with Gasteiger partial charge in [0.05, 0.1) is 19.3 Å². The molecule has 10 unspecified atom stereocenters. The van der Waals surface area contributed by atoms with E-state index in [1.807, 2.05) is 0 Å². The van der Waals surface area contributed by atoms with Crippen LogP contribution in [0, 0.1) is 40.9 Å². The van der Waals surface area contributed by atoms with Gasteiger partial charge in [-0.3, -0.25) is 9.59 Å². The number of aliphatic hydroxyl groups is 2. The van der Waals surface area contributed by atoms with Gasteiger partial charge in [-0.1, -0.05) is 13.8 Å². The highest BCUT2D eigenvalue weighted by atomic mass is 16.6. The van der Waals surface area contributed by atoms with Crippen molar-refractivity contribution in [3.05, 3.63) is 0 Å². The van der Waals surface area contributed by atoms with Gasteiger partial charge in [-0.15, -0.1) is 0 Å². The van der Waals surface area contributed by atoms with Crippen molar-refractivity contribution >= 4 is 11.9 Å². The molecule has 2 N–H and O–H groups in total. The highest BCUT2D eigenvalue weighted by Gasteiger charge is 2.63. The molecule has 176 valence electrons. The Morgan fingerprint density at radius 2 is 1.94 bits per heavy atom. The number of fused-ring (bicyclic) bond motifs is 5. The van der Waals surface area contributed by atoms with E-state index in [0.717, 1.165) is 32.1 Å². The quantitative estimate of drug-likeness (QED) is 0.656. The number of esters is 2. The van der Waals surface area contributed by atoms with Gasteiger partial charge in [0.2, 0.25) is 0 Å². The van der Waals surface area contributed by atoms with E-state index in [4.69, 9.17) is 9.47 Å². The first-order chi connectivity index (χ1) is 14.6. The van der Waals surface area contributed by atoms with Crippen LogP contribution in [0.3, 0.4) is 0 Å². The third-order valence-corrected chi connectivity index (χ3v) is 9.95. The van der Waals surface area contributed by atoms with Crippen LogP contribution in [0.25, 0.3) is 0 Å². The van der Waals surface area contributed by atoms with Crippen LogP contribution < -0.4 is 0 Å². The zero-order valence-corrected chi connectivity index (χ0v) is 19.5. The van der Waals surface area contributed by atoms with Crippen LogP contribution in [0.4, 0.5) is 0 Å². The summed E-state index contributed by atoms with van der Waals surface area (Å²) >= 11 is 0. The van der Waals surface area contributed by atoms with E-state index in [0.29, 0.717) is 25.7 Å². The molecule has 31 heavy (non-hydrogen) atoms. The number of hydrogen-bond donors (Lipinski definition) is 2. The van der Waals surface area contributed by atoms with Crippen molar-refractivity contribution in [2.24, 2.45) is 40.9 Å². The molecular formula is C25H40O6. The van der Waals surface area contributed by atoms with Gasteiger partial charge in [-0.25, -0.2) is 0 Å². The molecule has 0 aromatic heterocycles. The lowest BCUT2D eigenvalue weighted by Crippen LogP contribution is -2.56. The first-order valence-corrected chi connectivity index (χ1v) is 12.2. The monoisotopic (exact) mass is 436 g/mol. The standard InChI is InChI=1S/C25H40O6/c1-14(5-8-21(28)30-4)17-6-7-18-23-19(13-22(29)31-25(17,18)3)24(2)10-9-16(26)11-15(24)12-20(23)27/h14-20,23,26-27H,5-13H2,1-4H3. The highest BCUT2D eigenvalue weighted by molar-refractivity contribution is 5.71. The van der Waals surface area contributed by atoms with E-state index >= 15 is 0 Å². The van der Waals surface area contributed by atoms with Crippen LogP contribution in [0.1, 0.15) is 78.6 Å². The third kappa shape index (κ3) is 3.82. The van der Waals surface area contributed by atoms with Crippen LogP contribution in [-0.2, 0) is 19.1 Å². The molecule has 1 heterocycles. The Balaban J connectivity index is 1.62. The van der Waals surface area contributed by atoms with E-state index in [9.17, 15) is 19.8 Å². The number of ether oxygens (including phenoxy) is 2. The smallest absolute Gasteiger partial charge is 0.306 e. The predicted octanol–water partition coefficient (Wildman–Crippen LogP) is 3.47. The summed E-state index contributed by atoms with van der Waals surface area (Å²) in [6.45, 7) is 6.51. The second-order valence-electron chi connectivity index (χ2n) is 11.4. The molecule has 4 aliphatic rings. The van der Waals surface area contributed by atoms with Crippen molar-refractivity contribution in [1.82, 2.24) is 0 Å². The van der Waals surface area contributed by atoms with Crippen LogP contribution in [0.15, 0.2) is 0 Å². The minimum atomic E-state index is -0.607. The summed E-state index contributed by atoms with van der Waals surface area (Å²) < 4.78 is 11.1. The van der Waals surface area contributed by atoms with Gasteiger partial charge in [0, 0.05) is 24.7 Å². The molecule has 0 aromatic rings. The molecule has 0 spiro atoms. The first kappa shape index (κ1) is 23.0. The lowest BCUT2D eigenvalue weighted by Gasteiger charge is -2.57. The zero-order valence-electron chi connectivity index (χ0n) is 19.5. The fourth-order valence-electron chi connectivity index (χ4n) is 8.22. The van der Waals surface area contributed by atoms with Crippen molar-refractivity contribution < 1.29 is 29.3 Å². The molecule has 3 saturated carbocycles. The second kappa shape index (κ2) is 8.33. The molecular weight excluding hydrogens is 396 g/mol. The van der Waals surface area contributed by atoms with Gasteiger partial charge in [0.15, 0.2) is 0 Å². The fraction of sp³-hybridized carbons (Fsp3) is 0.920. The minimum Gasteiger partial charge on any atom is -0.469 e. The van der Waals surface area contributed by atoms with Gasteiger partial charge in [0.25, 0.3) is 0 Å². The maximum atomic E-state index is 13.1. The summed E-state index contributed by atoms with van der Waals surface area (Å²) in [5.41, 5.74) is -0.646. The summed E-state index contributed by atoms with van der Waals surface area (Å²) in [7, 11) is 1.41. The van der Waals surface area contributed by atoms with E-state index in [1.165, 1.54) is 7.11 Å². The average Bonchev–Trinajstić information content (AvgIpc) is 2.97. The lowest BCUT2D eigenvalue weighted by molar-refractivity contribution is -0.169. The van der Waals surface area contributed by atoms with Gasteiger partial charge >= 0.3 is 11.9 Å². The van der Waals surface area contributed by atoms with Gasteiger partial charge in [-0.2, -0.15) is 0 Å². The minimum absolute atomic E-state index is 0.0397. The Hall–Kier alpha value is -1.14. The first-order valence-electron chi connectivity index (χ1n) is 12.2. The normalized spacial score (nSPS) is 47.9. The number of carbonyl (C=O) groups is 2. The van der Waals surface area contributed by atoms with Gasteiger partial charge in [-0.05, 0) is 81.0 Å².